The fourth-order valence-electron chi connectivity index (χ4n) is 2.69. The van der Waals surface area contributed by atoms with Crippen LogP contribution < -0.4 is 0 Å². The Morgan fingerprint density at radius 3 is 2.65 bits per heavy atom. The van der Waals surface area contributed by atoms with Gasteiger partial charge in [0, 0.05) is 19.1 Å². The quantitative estimate of drug-likeness (QED) is 0.853. The minimum absolute atomic E-state index is 0.0461. The summed E-state index contributed by atoms with van der Waals surface area (Å²) in [5, 5.41) is 18.0. The predicted octanol–water partition coefficient (Wildman–Crippen LogP) is 1.92. The second-order valence-corrected chi connectivity index (χ2v) is 5.57. The summed E-state index contributed by atoms with van der Waals surface area (Å²) in [6.45, 7) is 6.42. The smallest absolute Gasteiger partial charge is 0.326 e. The van der Waals surface area contributed by atoms with Crippen molar-refractivity contribution in [2.75, 3.05) is 13.1 Å². The maximum absolute atomic E-state index is 12.6. The number of nitrogens with zero attached hydrogens (tertiary/aromatic N) is 3. The lowest BCUT2D eigenvalue weighted by Crippen LogP contribution is -2.57. The van der Waals surface area contributed by atoms with Gasteiger partial charge in [-0.25, -0.2) is 9.59 Å². The molecule has 6 nitrogen and oxygen atoms in total. The van der Waals surface area contributed by atoms with Gasteiger partial charge in [-0.2, -0.15) is 5.26 Å². The lowest BCUT2D eigenvalue weighted by atomic mass is 9.91. The van der Waals surface area contributed by atoms with Crippen LogP contribution >= 0.6 is 0 Å². The van der Waals surface area contributed by atoms with Gasteiger partial charge in [0.1, 0.15) is 6.04 Å². The van der Waals surface area contributed by atoms with E-state index < -0.39 is 12.0 Å². The Morgan fingerprint density at radius 2 is 2.15 bits per heavy atom. The van der Waals surface area contributed by atoms with Crippen molar-refractivity contribution >= 4 is 12.0 Å². The van der Waals surface area contributed by atoms with Crippen molar-refractivity contribution in [3.8, 4) is 6.07 Å². The first-order valence-electron chi connectivity index (χ1n) is 7.07. The molecule has 6 heteroatoms. The number of amides is 2. The number of carboxylic acids is 1. The maximum atomic E-state index is 12.6. The number of urea groups is 1. The summed E-state index contributed by atoms with van der Waals surface area (Å²) < 4.78 is 0. The van der Waals surface area contributed by atoms with Crippen molar-refractivity contribution < 1.29 is 14.7 Å². The van der Waals surface area contributed by atoms with E-state index in [-0.39, 0.29) is 24.4 Å². The molecule has 0 spiro atoms. The van der Waals surface area contributed by atoms with Gasteiger partial charge >= 0.3 is 12.0 Å². The van der Waals surface area contributed by atoms with Gasteiger partial charge in [-0.3, -0.25) is 0 Å². The summed E-state index contributed by atoms with van der Waals surface area (Å²) in [7, 11) is 0. The van der Waals surface area contributed by atoms with E-state index in [4.69, 9.17) is 5.26 Å². The Hall–Kier alpha value is -1.77. The van der Waals surface area contributed by atoms with Gasteiger partial charge < -0.3 is 14.9 Å². The van der Waals surface area contributed by atoms with E-state index in [2.05, 4.69) is 0 Å². The highest BCUT2D eigenvalue weighted by atomic mass is 16.4. The minimum Gasteiger partial charge on any atom is -0.480 e. The van der Waals surface area contributed by atoms with Gasteiger partial charge in [0.15, 0.2) is 0 Å². The molecule has 20 heavy (non-hydrogen) atoms. The highest BCUT2D eigenvalue weighted by Gasteiger charge is 2.39. The lowest BCUT2D eigenvalue weighted by Gasteiger charge is -2.41. The van der Waals surface area contributed by atoms with Crippen LogP contribution in [0.5, 0.6) is 0 Å². The zero-order valence-corrected chi connectivity index (χ0v) is 12.4. The molecule has 0 bridgehead atoms. The Kier molecular flexibility index (Phi) is 5.81. The molecule has 1 rings (SSSR count). The standard InChI is InChI=1S/C14H23N3O3/c1-10(2)16(9-5-7-15)14(20)17-8-4-6-11(3)12(17)13(18)19/h10-12H,4-6,8-9H2,1-3H3,(H,18,19). The molecule has 112 valence electrons. The molecule has 2 amide bonds. The van der Waals surface area contributed by atoms with E-state index in [1.54, 1.807) is 4.90 Å². The lowest BCUT2D eigenvalue weighted by molar-refractivity contribution is -0.145. The molecule has 2 atom stereocenters. The van der Waals surface area contributed by atoms with Crippen molar-refractivity contribution in [1.82, 2.24) is 9.80 Å². The van der Waals surface area contributed by atoms with E-state index >= 15 is 0 Å². The number of carbonyl (C=O) groups excluding carboxylic acids is 1. The number of likely N-dealkylation sites (tertiary alicyclic amines) is 1. The van der Waals surface area contributed by atoms with Crippen molar-refractivity contribution in [1.29, 1.82) is 5.26 Å². The number of nitriles is 1. The molecule has 1 N–H and O–H groups in total. The van der Waals surface area contributed by atoms with Crippen molar-refractivity contribution in [2.45, 2.75) is 52.1 Å². The van der Waals surface area contributed by atoms with Gasteiger partial charge in [0.05, 0.1) is 12.5 Å². The first kappa shape index (κ1) is 16.3. The molecule has 0 saturated carbocycles. The highest BCUT2D eigenvalue weighted by molar-refractivity contribution is 5.83. The van der Waals surface area contributed by atoms with E-state index in [1.165, 1.54) is 4.90 Å². The Morgan fingerprint density at radius 1 is 1.50 bits per heavy atom. The van der Waals surface area contributed by atoms with Crippen LogP contribution in [0.4, 0.5) is 4.79 Å². The summed E-state index contributed by atoms with van der Waals surface area (Å²) in [5.41, 5.74) is 0. The molecule has 1 aliphatic rings. The molecular formula is C14H23N3O3. The Bertz CT molecular complexity index is 403. The van der Waals surface area contributed by atoms with E-state index in [1.807, 2.05) is 26.8 Å². The fourth-order valence-corrected chi connectivity index (χ4v) is 2.69. The van der Waals surface area contributed by atoms with E-state index in [0.717, 1.165) is 12.8 Å². The van der Waals surface area contributed by atoms with Gasteiger partial charge in [0.2, 0.25) is 0 Å². The summed E-state index contributed by atoms with van der Waals surface area (Å²) in [4.78, 5) is 27.0. The number of hydrogen-bond donors (Lipinski definition) is 1. The van der Waals surface area contributed by atoms with Crippen LogP contribution in [0.1, 0.15) is 40.0 Å². The second-order valence-electron chi connectivity index (χ2n) is 5.57. The monoisotopic (exact) mass is 281 g/mol. The molecule has 0 aliphatic carbocycles. The maximum Gasteiger partial charge on any atom is 0.326 e. The third-order valence-corrected chi connectivity index (χ3v) is 3.77. The molecule has 0 aromatic heterocycles. The molecule has 1 saturated heterocycles. The average Bonchev–Trinajstić information content (AvgIpc) is 2.37. The number of hydrogen-bond acceptors (Lipinski definition) is 3. The minimum atomic E-state index is -0.950. The topological polar surface area (TPSA) is 84.6 Å². The summed E-state index contributed by atoms with van der Waals surface area (Å²) in [6.07, 6.45) is 1.90. The number of rotatable bonds is 4. The first-order chi connectivity index (χ1) is 9.40. The van der Waals surface area contributed by atoms with Crippen LogP contribution in [0.3, 0.4) is 0 Å². The van der Waals surface area contributed by atoms with Gasteiger partial charge in [-0.1, -0.05) is 6.92 Å². The third-order valence-electron chi connectivity index (χ3n) is 3.77. The molecule has 0 aromatic rings. The number of piperidine rings is 1. The molecule has 1 aliphatic heterocycles. The summed E-state index contributed by atoms with van der Waals surface area (Å²) in [6, 6.07) is 0.938. The third kappa shape index (κ3) is 3.62. The SMILES string of the molecule is CC1CCCN(C(=O)N(CCC#N)C(C)C)C1C(=O)O. The Balaban J connectivity index is 2.90. The summed E-state index contributed by atoms with van der Waals surface area (Å²) in [5.74, 6) is -0.996. The van der Waals surface area contributed by atoms with Crippen LogP contribution in [0.2, 0.25) is 0 Å². The van der Waals surface area contributed by atoms with E-state index in [0.29, 0.717) is 13.1 Å². The number of carboxylic acid groups (broad SMARTS) is 1. The fraction of sp³-hybridized carbons (Fsp3) is 0.786. The van der Waals surface area contributed by atoms with Crippen LogP contribution in [-0.4, -0.2) is 52.1 Å². The largest absolute Gasteiger partial charge is 0.480 e. The normalized spacial score (nSPS) is 22.4. The molecule has 0 radical (unpaired) electrons. The van der Waals surface area contributed by atoms with Gasteiger partial charge in [-0.15, -0.1) is 0 Å². The van der Waals surface area contributed by atoms with Crippen molar-refractivity contribution in [3.05, 3.63) is 0 Å². The Labute approximate surface area is 120 Å². The van der Waals surface area contributed by atoms with E-state index in [9.17, 15) is 14.7 Å². The van der Waals surface area contributed by atoms with Crippen molar-refractivity contribution in [2.24, 2.45) is 5.92 Å². The molecule has 1 heterocycles. The van der Waals surface area contributed by atoms with Gasteiger partial charge in [0.25, 0.3) is 0 Å². The van der Waals surface area contributed by atoms with Crippen LogP contribution in [-0.2, 0) is 4.79 Å². The number of carbonyl (C=O) groups is 2. The highest BCUT2D eigenvalue weighted by Crippen LogP contribution is 2.25. The molecule has 2 unspecified atom stereocenters. The average molecular weight is 281 g/mol. The summed E-state index contributed by atoms with van der Waals surface area (Å²) >= 11 is 0. The number of aliphatic carboxylic acids is 1. The zero-order valence-electron chi connectivity index (χ0n) is 12.4. The van der Waals surface area contributed by atoms with Crippen LogP contribution in [0.15, 0.2) is 0 Å². The predicted molar refractivity (Wildman–Crippen MR) is 74.0 cm³/mol. The zero-order chi connectivity index (χ0) is 15.3. The molecular weight excluding hydrogens is 258 g/mol. The molecule has 0 aromatic carbocycles. The first-order valence-corrected chi connectivity index (χ1v) is 7.07. The van der Waals surface area contributed by atoms with Gasteiger partial charge in [-0.05, 0) is 32.6 Å². The van der Waals surface area contributed by atoms with Crippen molar-refractivity contribution in [3.63, 3.8) is 0 Å². The second kappa shape index (κ2) is 7.13. The van der Waals surface area contributed by atoms with Crippen LogP contribution in [0, 0.1) is 17.2 Å². The van der Waals surface area contributed by atoms with Crippen LogP contribution in [0.25, 0.3) is 0 Å². The molecule has 1 fully saturated rings.